The fourth-order valence-corrected chi connectivity index (χ4v) is 4.10. The number of ether oxygens (including phenoxy) is 1. The van der Waals surface area contributed by atoms with Gasteiger partial charge in [-0.05, 0) is 57.4 Å². The quantitative estimate of drug-likeness (QED) is 0.280. The van der Waals surface area contributed by atoms with Crippen LogP contribution in [0.3, 0.4) is 0 Å². The lowest BCUT2D eigenvalue weighted by molar-refractivity contribution is 0.0951. The van der Waals surface area contributed by atoms with E-state index in [1.165, 1.54) is 4.57 Å². The minimum atomic E-state index is -0.679. The van der Waals surface area contributed by atoms with Crippen molar-refractivity contribution in [2.45, 2.75) is 45.2 Å². The van der Waals surface area contributed by atoms with E-state index in [4.69, 9.17) is 9.84 Å². The van der Waals surface area contributed by atoms with Gasteiger partial charge in [-0.2, -0.15) is 0 Å². The molecule has 0 radical (unpaired) electrons. The molecule has 3 aromatic rings. The minimum absolute atomic E-state index is 0.0760. The SMILES string of the molecule is Cc1ccc(C(=O)NC2CC2)cc1-n1ccnc(NC(C)(C)c2ccccc2OCCNCCO)c1=O. The van der Waals surface area contributed by atoms with Crippen molar-refractivity contribution in [3.63, 3.8) is 0 Å². The molecule has 0 aliphatic heterocycles. The number of aryl methyl sites for hydroxylation is 1. The Bertz CT molecular complexity index is 1300. The highest BCUT2D eigenvalue weighted by Crippen LogP contribution is 2.32. The van der Waals surface area contributed by atoms with Gasteiger partial charge in [0.1, 0.15) is 12.4 Å². The summed E-state index contributed by atoms with van der Waals surface area (Å²) in [6.45, 7) is 7.46. The van der Waals surface area contributed by atoms with E-state index in [1.807, 2.05) is 51.1 Å². The number of nitrogens with zero attached hydrogens (tertiary/aromatic N) is 2. The van der Waals surface area contributed by atoms with E-state index in [1.54, 1.807) is 24.5 Å². The number of nitrogens with one attached hydrogen (secondary N) is 3. The van der Waals surface area contributed by atoms with Gasteiger partial charge in [0.15, 0.2) is 5.82 Å². The van der Waals surface area contributed by atoms with Gasteiger partial charge in [0.25, 0.3) is 11.5 Å². The van der Waals surface area contributed by atoms with E-state index in [0.29, 0.717) is 36.7 Å². The molecule has 4 N–H and O–H groups in total. The summed E-state index contributed by atoms with van der Waals surface area (Å²) in [7, 11) is 0. The molecule has 1 aromatic heterocycles. The van der Waals surface area contributed by atoms with Crippen LogP contribution >= 0.6 is 0 Å². The fourth-order valence-electron chi connectivity index (χ4n) is 4.10. The number of hydrogen-bond acceptors (Lipinski definition) is 7. The molecule has 0 unspecified atom stereocenters. The Labute approximate surface area is 216 Å². The summed E-state index contributed by atoms with van der Waals surface area (Å²) in [5.41, 5.74) is 1.91. The second-order valence-corrected chi connectivity index (χ2v) is 9.77. The summed E-state index contributed by atoms with van der Waals surface area (Å²) in [6, 6.07) is 13.3. The molecule has 1 aliphatic carbocycles. The number of benzene rings is 2. The molecule has 1 fully saturated rings. The van der Waals surface area contributed by atoms with Gasteiger partial charge in [-0.1, -0.05) is 24.3 Å². The lowest BCUT2D eigenvalue weighted by Crippen LogP contribution is -2.34. The van der Waals surface area contributed by atoms with E-state index in [9.17, 15) is 9.59 Å². The predicted molar refractivity (Wildman–Crippen MR) is 144 cm³/mol. The Hall–Kier alpha value is -3.69. The fraction of sp³-hybridized carbons (Fsp3) is 0.393. The van der Waals surface area contributed by atoms with Crippen molar-refractivity contribution in [3.8, 4) is 11.4 Å². The number of carbonyl (C=O) groups is 1. The van der Waals surface area contributed by atoms with Crippen LogP contribution < -0.4 is 26.2 Å². The Kier molecular flexibility index (Phi) is 8.25. The van der Waals surface area contributed by atoms with Gasteiger partial charge < -0.3 is 25.8 Å². The summed E-state index contributed by atoms with van der Waals surface area (Å²) >= 11 is 0. The van der Waals surface area contributed by atoms with Crippen LogP contribution in [0, 0.1) is 6.92 Å². The zero-order chi connectivity index (χ0) is 26.4. The van der Waals surface area contributed by atoms with Crippen LogP contribution in [0.2, 0.25) is 0 Å². The average molecular weight is 506 g/mol. The van der Waals surface area contributed by atoms with E-state index >= 15 is 0 Å². The molecule has 4 rings (SSSR count). The summed E-state index contributed by atoms with van der Waals surface area (Å²) in [4.78, 5) is 30.5. The number of aliphatic hydroxyl groups is 1. The maximum atomic E-state index is 13.5. The van der Waals surface area contributed by atoms with Crippen LogP contribution in [0.4, 0.5) is 5.82 Å². The summed E-state index contributed by atoms with van der Waals surface area (Å²) in [6.07, 6.45) is 5.20. The Morgan fingerprint density at radius 1 is 1.19 bits per heavy atom. The highest BCUT2D eigenvalue weighted by molar-refractivity contribution is 5.95. The minimum Gasteiger partial charge on any atom is -0.492 e. The average Bonchev–Trinajstić information content (AvgIpc) is 3.70. The van der Waals surface area contributed by atoms with Gasteiger partial charge in [0.05, 0.1) is 17.8 Å². The second-order valence-electron chi connectivity index (χ2n) is 9.77. The van der Waals surface area contributed by atoms with E-state index < -0.39 is 5.54 Å². The summed E-state index contributed by atoms with van der Waals surface area (Å²) in [5.74, 6) is 0.764. The molecule has 1 aliphatic rings. The number of amides is 1. The highest BCUT2D eigenvalue weighted by atomic mass is 16.5. The molecule has 9 heteroatoms. The molecular formula is C28H35N5O4. The van der Waals surface area contributed by atoms with Gasteiger partial charge in [0, 0.05) is 42.7 Å². The molecule has 1 saturated carbocycles. The van der Waals surface area contributed by atoms with E-state index in [-0.39, 0.29) is 29.9 Å². The molecule has 0 saturated heterocycles. The topological polar surface area (TPSA) is 118 Å². The smallest absolute Gasteiger partial charge is 0.297 e. The molecule has 0 bridgehead atoms. The number of hydrogen-bond donors (Lipinski definition) is 4. The zero-order valence-electron chi connectivity index (χ0n) is 21.6. The van der Waals surface area contributed by atoms with Crippen molar-refractivity contribution in [3.05, 3.63) is 81.9 Å². The molecule has 2 aromatic carbocycles. The van der Waals surface area contributed by atoms with Crippen LogP contribution in [0.15, 0.2) is 59.7 Å². The van der Waals surface area contributed by atoms with Crippen molar-refractivity contribution in [1.82, 2.24) is 20.2 Å². The zero-order valence-corrected chi connectivity index (χ0v) is 21.6. The Balaban J connectivity index is 1.57. The molecule has 1 heterocycles. The molecule has 0 spiro atoms. The van der Waals surface area contributed by atoms with Gasteiger partial charge in [-0.3, -0.25) is 14.2 Å². The lowest BCUT2D eigenvalue weighted by Gasteiger charge is -2.29. The van der Waals surface area contributed by atoms with Crippen molar-refractivity contribution in [2.75, 3.05) is 31.6 Å². The van der Waals surface area contributed by atoms with Crippen LogP contribution in [0.5, 0.6) is 5.75 Å². The first-order valence-corrected chi connectivity index (χ1v) is 12.6. The number of rotatable bonds is 12. The maximum absolute atomic E-state index is 13.5. The van der Waals surface area contributed by atoms with Gasteiger partial charge in [-0.15, -0.1) is 0 Å². The van der Waals surface area contributed by atoms with Gasteiger partial charge in [0.2, 0.25) is 0 Å². The molecule has 196 valence electrons. The van der Waals surface area contributed by atoms with E-state index in [0.717, 1.165) is 24.0 Å². The second kappa shape index (κ2) is 11.6. The molecule has 1 amide bonds. The summed E-state index contributed by atoms with van der Waals surface area (Å²) < 4.78 is 7.51. The summed E-state index contributed by atoms with van der Waals surface area (Å²) in [5, 5.41) is 18.3. The van der Waals surface area contributed by atoms with Gasteiger partial charge in [-0.25, -0.2) is 4.98 Å². The first-order valence-electron chi connectivity index (χ1n) is 12.6. The number of para-hydroxylation sites is 1. The van der Waals surface area contributed by atoms with E-state index in [2.05, 4.69) is 20.9 Å². The number of aromatic nitrogens is 2. The number of anilines is 1. The standard InChI is InChI=1S/C28H35N5O4/c1-19-8-9-20(26(35)31-21-10-11-21)18-23(19)33-15-12-30-25(27(33)36)32-28(2,3)22-6-4-5-7-24(22)37-17-14-29-13-16-34/h4-9,12,15,18,21,29,34H,10-11,13-14,16-17H2,1-3H3,(H,30,32)(H,31,35). The van der Waals surface area contributed by atoms with Crippen molar-refractivity contribution in [1.29, 1.82) is 0 Å². The number of carbonyl (C=O) groups excluding carboxylic acids is 1. The molecule has 9 nitrogen and oxygen atoms in total. The van der Waals surface area contributed by atoms with Crippen molar-refractivity contribution in [2.24, 2.45) is 0 Å². The molecule has 0 atom stereocenters. The third-order valence-corrected chi connectivity index (χ3v) is 6.30. The van der Waals surface area contributed by atoms with Gasteiger partial charge >= 0.3 is 0 Å². The van der Waals surface area contributed by atoms with Crippen LogP contribution in [0.1, 0.15) is 48.2 Å². The predicted octanol–water partition coefficient (Wildman–Crippen LogP) is 2.74. The van der Waals surface area contributed by atoms with Crippen LogP contribution in [0.25, 0.3) is 5.69 Å². The first kappa shape index (κ1) is 26.4. The van der Waals surface area contributed by atoms with Crippen molar-refractivity contribution >= 4 is 11.7 Å². The lowest BCUT2D eigenvalue weighted by atomic mass is 9.93. The first-order chi connectivity index (χ1) is 17.8. The monoisotopic (exact) mass is 505 g/mol. The third kappa shape index (κ3) is 6.55. The van der Waals surface area contributed by atoms with Crippen LogP contribution in [-0.2, 0) is 5.54 Å². The van der Waals surface area contributed by atoms with Crippen molar-refractivity contribution < 1.29 is 14.6 Å². The molecular weight excluding hydrogens is 470 g/mol. The Morgan fingerprint density at radius 3 is 2.73 bits per heavy atom. The Morgan fingerprint density at radius 2 is 1.97 bits per heavy atom. The maximum Gasteiger partial charge on any atom is 0.297 e. The van der Waals surface area contributed by atoms with Crippen LogP contribution in [-0.4, -0.2) is 52.9 Å². The number of aliphatic hydroxyl groups excluding tert-OH is 1. The molecule has 37 heavy (non-hydrogen) atoms. The third-order valence-electron chi connectivity index (χ3n) is 6.30. The highest BCUT2D eigenvalue weighted by Gasteiger charge is 2.27. The largest absolute Gasteiger partial charge is 0.492 e. The normalized spacial score (nSPS) is 13.3.